The van der Waals surface area contributed by atoms with Crippen molar-refractivity contribution in [1.82, 2.24) is 4.57 Å². The third-order valence-corrected chi connectivity index (χ3v) is 3.91. The number of nitrogens with one attached hydrogen (secondary N) is 2. The van der Waals surface area contributed by atoms with E-state index in [1.165, 1.54) is 0 Å². The molecule has 1 amide bonds. The molecule has 3 N–H and O–H groups in total. The third kappa shape index (κ3) is 2.66. The van der Waals surface area contributed by atoms with Crippen LogP contribution in [0.2, 0.25) is 5.02 Å². The number of halogens is 1. The van der Waals surface area contributed by atoms with Crippen LogP contribution < -0.4 is 10.8 Å². The van der Waals surface area contributed by atoms with Crippen LogP contribution in [0.25, 0.3) is 10.9 Å². The van der Waals surface area contributed by atoms with Gasteiger partial charge >= 0.3 is 0 Å². The number of anilines is 1. The van der Waals surface area contributed by atoms with E-state index in [1.807, 2.05) is 6.07 Å². The Morgan fingerprint density at radius 2 is 1.83 bits per heavy atom. The summed E-state index contributed by atoms with van der Waals surface area (Å²) in [6.07, 6.45) is 0. The number of hydrogen-bond acceptors (Lipinski definition) is 3. The van der Waals surface area contributed by atoms with E-state index in [4.69, 9.17) is 17.0 Å². The monoisotopic (exact) mass is 327 g/mol. The van der Waals surface area contributed by atoms with Crippen molar-refractivity contribution in [3.05, 3.63) is 64.6 Å². The Labute approximate surface area is 137 Å². The van der Waals surface area contributed by atoms with Gasteiger partial charge in [0.15, 0.2) is 0 Å². The van der Waals surface area contributed by atoms with Crippen LogP contribution in [-0.4, -0.2) is 15.6 Å². The number of nitrogens with zero attached hydrogens (tertiary/aromatic N) is 1. The van der Waals surface area contributed by atoms with Gasteiger partial charge in [-0.05, 0) is 36.4 Å². The van der Waals surface area contributed by atoms with Crippen LogP contribution in [0.5, 0.6) is 5.75 Å². The number of benzene rings is 2. The van der Waals surface area contributed by atoms with E-state index >= 15 is 0 Å². The normalized spacial score (nSPS) is 10.7. The zero-order valence-electron chi connectivity index (χ0n) is 12.3. The van der Waals surface area contributed by atoms with E-state index in [-0.39, 0.29) is 16.8 Å². The number of pyridine rings is 1. The molecule has 3 aromatic rings. The minimum Gasteiger partial charge on any atom is -0.506 e. The van der Waals surface area contributed by atoms with Gasteiger partial charge in [-0.3, -0.25) is 10.2 Å². The molecular weight excluding hydrogens is 314 g/mol. The molecule has 0 radical (unpaired) electrons. The molecule has 0 fully saturated rings. The maximum absolute atomic E-state index is 12.5. The summed E-state index contributed by atoms with van der Waals surface area (Å²) < 4.78 is 1.56. The van der Waals surface area contributed by atoms with Crippen molar-refractivity contribution in [3.63, 3.8) is 0 Å². The Kier molecular flexibility index (Phi) is 3.80. The molecule has 5 nitrogen and oxygen atoms in total. The van der Waals surface area contributed by atoms with Crippen molar-refractivity contribution < 1.29 is 9.90 Å². The summed E-state index contributed by atoms with van der Waals surface area (Å²) >= 11 is 5.82. The third-order valence-electron chi connectivity index (χ3n) is 3.66. The van der Waals surface area contributed by atoms with Gasteiger partial charge in [0.05, 0.1) is 5.52 Å². The van der Waals surface area contributed by atoms with Crippen molar-refractivity contribution in [2.75, 3.05) is 5.32 Å². The minimum absolute atomic E-state index is 0.0623. The zero-order valence-corrected chi connectivity index (χ0v) is 13.1. The van der Waals surface area contributed by atoms with Gasteiger partial charge in [-0.2, -0.15) is 0 Å². The fraction of sp³-hybridized carbons (Fsp3) is 0.0588. The maximum atomic E-state index is 12.5. The Morgan fingerprint density at radius 1 is 1.17 bits per heavy atom. The summed E-state index contributed by atoms with van der Waals surface area (Å²) in [5, 5.41) is 22.3. The first-order valence-corrected chi connectivity index (χ1v) is 7.29. The van der Waals surface area contributed by atoms with Crippen LogP contribution in [-0.2, 0) is 7.05 Å². The van der Waals surface area contributed by atoms with E-state index in [2.05, 4.69) is 5.32 Å². The Morgan fingerprint density at radius 3 is 2.52 bits per heavy atom. The maximum Gasteiger partial charge on any atom is 0.263 e. The predicted molar refractivity (Wildman–Crippen MR) is 89.8 cm³/mol. The molecule has 1 heterocycles. The molecule has 116 valence electrons. The lowest BCUT2D eigenvalue weighted by Gasteiger charge is -2.13. The lowest BCUT2D eigenvalue weighted by molar-refractivity contribution is 0.102. The molecule has 0 aliphatic carbocycles. The summed E-state index contributed by atoms with van der Waals surface area (Å²) in [6.45, 7) is 0. The van der Waals surface area contributed by atoms with Gasteiger partial charge in [0, 0.05) is 23.1 Å². The standard InChI is InChI=1S/C17H14ClN3O2/c1-21-13-5-3-2-4-12(13)15(22)14(16(21)19)17(23)20-11-8-6-10(18)7-9-11/h2-9,19,22H,1H3,(H,20,23). The van der Waals surface area contributed by atoms with Gasteiger partial charge in [0.2, 0.25) is 0 Å². The van der Waals surface area contributed by atoms with E-state index < -0.39 is 5.91 Å². The fourth-order valence-electron chi connectivity index (χ4n) is 2.44. The fourth-order valence-corrected chi connectivity index (χ4v) is 2.57. The number of rotatable bonds is 2. The lowest BCUT2D eigenvalue weighted by Crippen LogP contribution is -2.28. The van der Waals surface area contributed by atoms with Crippen LogP contribution >= 0.6 is 11.6 Å². The number of aryl methyl sites for hydroxylation is 1. The highest BCUT2D eigenvalue weighted by atomic mass is 35.5. The van der Waals surface area contributed by atoms with Crippen molar-refractivity contribution in [2.45, 2.75) is 0 Å². The van der Waals surface area contributed by atoms with Crippen LogP contribution in [0, 0.1) is 5.41 Å². The molecule has 0 aliphatic rings. The molecule has 0 spiro atoms. The summed E-state index contributed by atoms with van der Waals surface area (Å²) in [7, 11) is 1.68. The van der Waals surface area contributed by atoms with Gasteiger partial charge < -0.3 is 15.0 Å². The van der Waals surface area contributed by atoms with Crippen LogP contribution in [0.15, 0.2) is 48.5 Å². The van der Waals surface area contributed by atoms with E-state index in [0.29, 0.717) is 21.6 Å². The molecule has 0 saturated carbocycles. The highest BCUT2D eigenvalue weighted by molar-refractivity contribution is 6.30. The van der Waals surface area contributed by atoms with Gasteiger partial charge in [-0.25, -0.2) is 0 Å². The summed E-state index contributed by atoms with van der Waals surface area (Å²) in [5.74, 6) is -0.744. The number of amides is 1. The number of carbonyl (C=O) groups is 1. The largest absolute Gasteiger partial charge is 0.506 e. The number of fused-ring (bicyclic) bond motifs is 1. The van der Waals surface area contributed by atoms with E-state index in [1.54, 1.807) is 54.1 Å². The molecule has 0 atom stereocenters. The first kappa shape index (κ1) is 15.1. The van der Waals surface area contributed by atoms with E-state index in [0.717, 1.165) is 0 Å². The number of aromatic hydroxyl groups is 1. The van der Waals surface area contributed by atoms with Crippen molar-refractivity contribution in [3.8, 4) is 5.75 Å². The second-order valence-corrected chi connectivity index (χ2v) is 5.55. The number of hydrogen-bond donors (Lipinski definition) is 3. The average molecular weight is 328 g/mol. The zero-order chi connectivity index (χ0) is 16.6. The quantitative estimate of drug-likeness (QED) is 0.675. The van der Waals surface area contributed by atoms with Crippen LogP contribution in [0.3, 0.4) is 0 Å². The molecule has 23 heavy (non-hydrogen) atoms. The van der Waals surface area contributed by atoms with Crippen molar-refractivity contribution in [2.24, 2.45) is 7.05 Å². The van der Waals surface area contributed by atoms with Crippen LogP contribution in [0.1, 0.15) is 10.4 Å². The minimum atomic E-state index is -0.545. The summed E-state index contributed by atoms with van der Waals surface area (Å²) in [5.41, 5.74) is 1.08. The molecule has 1 aromatic heterocycles. The van der Waals surface area contributed by atoms with Gasteiger partial charge in [-0.15, -0.1) is 0 Å². The summed E-state index contributed by atoms with van der Waals surface area (Å²) in [4.78, 5) is 12.5. The number of para-hydroxylation sites is 1. The molecular formula is C17H14ClN3O2. The van der Waals surface area contributed by atoms with Gasteiger partial charge in [-0.1, -0.05) is 23.7 Å². The molecule has 0 bridgehead atoms. The molecule has 2 aromatic carbocycles. The van der Waals surface area contributed by atoms with Gasteiger partial charge in [0.1, 0.15) is 16.8 Å². The molecule has 0 saturated heterocycles. The second-order valence-electron chi connectivity index (χ2n) is 5.11. The Bertz CT molecular complexity index is 962. The first-order chi connectivity index (χ1) is 11.0. The number of carbonyl (C=O) groups excluding carboxylic acids is 1. The smallest absolute Gasteiger partial charge is 0.263 e. The van der Waals surface area contributed by atoms with Crippen LogP contribution in [0.4, 0.5) is 5.69 Å². The summed E-state index contributed by atoms with van der Waals surface area (Å²) in [6, 6.07) is 13.7. The van der Waals surface area contributed by atoms with E-state index in [9.17, 15) is 9.90 Å². The SMILES string of the molecule is Cn1c(=N)c(C(=O)Nc2ccc(Cl)cc2)c(O)c2ccccc21. The predicted octanol–water partition coefficient (Wildman–Crippen LogP) is 3.27. The first-order valence-electron chi connectivity index (χ1n) is 6.91. The topological polar surface area (TPSA) is 78.1 Å². The Hall–Kier alpha value is -2.79. The highest BCUT2D eigenvalue weighted by Crippen LogP contribution is 2.26. The Balaban J connectivity index is 2.10. The molecule has 6 heteroatoms. The van der Waals surface area contributed by atoms with Crippen molar-refractivity contribution >= 4 is 34.1 Å². The second kappa shape index (κ2) is 5.78. The molecule has 0 unspecified atom stereocenters. The van der Waals surface area contributed by atoms with Gasteiger partial charge in [0.25, 0.3) is 5.91 Å². The molecule has 3 rings (SSSR count). The lowest BCUT2D eigenvalue weighted by atomic mass is 10.1. The highest BCUT2D eigenvalue weighted by Gasteiger charge is 2.19. The average Bonchev–Trinajstić information content (AvgIpc) is 2.55. The number of aromatic nitrogens is 1. The van der Waals surface area contributed by atoms with Crippen molar-refractivity contribution in [1.29, 1.82) is 5.41 Å². The molecule has 0 aliphatic heterocycles.